The summed E-state index contributed by atoms with van der Waals surface area (Å²) in [4.78, 5) is 32.3. The number of allylic oxidation sites excluding steroid dienone is 4. The summed E-state index contributed by atoms with van der Waals surface area (Å²) in [6.07, 6.45) is 14.9. The number of imide groups is 1. The van der Waals surface area contributed by atoms with E-state index in [1.54, 1.807) is 18.2 Å². The van der Waals surface area contributed by atoms with E-state index in [0.29, 0.717) is 12.3 Å². The number of nitrogens with zero attached hydrogens (tertiary/aromatic N) is 2. The fourth-order valence-corrected chi connectivity index (χ4v) is 6.64. The summed E-state index contributed by atoms with van der Waals surface area (Å²) in [6.45, 7) is 3.96. The number of hydrogen-bond acceptors (Lipinski definition) is 4. The number of hydrogen-bond donors (Lipinski definition) is 0. The van der Waals surface area contributed by atoms with Crippen molar-refractivity contribution in [3.63, 3.8) is 0 Å². The molecule has 2 fully saturated rings. The maximum Gasteiger partial charge on any atom is 0.417 e. The molecular weight excluding hydrogens is 419 g/mol. The average molecular weight is 447 g/mol. The third kappa shape index (κ3) is 2.92. The number of pyridine rings is 1. The van der Waals surface area contributed by atoms with Crippen LogP contribution in [-0.2, 0) is 14.9 Å². The number of aromatic nitrogens is 1. The van der Waals surface area contributed by atoms with Crippen molar-refractivity contribution in [2.75, 3.05) is 6.61 Å². The minimum absolute atomic E-state index is 0.0878. The number of ether oxygens (including phenoxy) is 1. The van der Waals surface area contributed by atoms with Gasteiger partial charge in [-0.1, -0.05) is 24.3 Å². The van der Waals surface area contributed by atoms with E-state index in [-0.39, 0.29) is 24.3 Å². The summed E-state index contributed by atoms with van der Waals surface area (Å²) >= 11 is 0. The smallest absolute Gasteiger partial charge is 0.417 e. The van der Waals surface area contributed by atoms with E-state index in [1.807, 2.05) is 24.4 Å². The molecule has 2 amide bonds. The van der Waals surface area contributed by atoms with Gasteiger partial charge < -0.3 is 4.74 Å². The number of rotatable bonds is 2. The highest BCUT2D eigenvalue weighted by molar-refractivity contribution is 5.95. The normalized spacial score (nSPS) is 36.3. The van der Waals surface area contributed by atoms with Crippen LogP contribution in [-0.4, -0.2) is 40.7 Å². The Hall–Kier alpha value is -3.02. The topological polar surface area (TPSA) is 59.5 Å². The van der Waals surface area contributed by atoms with Crippen molar-refractivity contribution in [1.29, 1.82) is 0 Å². The molecule has 4 bridgehead atoms. The fourth-order valence-electron chi connectivity index (χ4n) is 6.64. The van der Waals surface area contributed by atoms with Crippen LogP contribution >= 0.6 is 0 Å². The monoisotopic (exact) mass is 446 g/mol. The summed E-state index contributed by atoms with van der Waals surface area (Å²) in [5.74, 6) is -0.0134. The van der Waals surface area contributed by atoms with Crippen molar-refractivity contribution in [1.82, 2.24) is 9.88 Å². The molecule has 0 aromatic carbocycles. The molecule has 33 heavy (non-hydrogen) atoms. The fraction of sp³-hybridized carbons (Fsp3) is 0.444. The zero-order chi connectivity index (χ0) is 22.7. The van der Waals surface area contributed by atoms with Crippen LogP contribution in [0.2, 0.25) is 0 Å². The summed E-state index contributed by atoms with van der Waals surface area (Å²) < 4.78 is 21.1. The molecule has 1 aromatic heterocycles. The van der Waals surface area contributed by atoms with Crippen molar-refractivity contribution < 1.29 is 18.7 Å². The minimum atomic E-state index is -1.25. The van der Waals surface area contributed by atoms with E-state index in [9.17, 15) is 9.59 Å². The first-order valence-corrected chi connectivity index (χ1v) is 11.9. The van der Waals surface area contributed by atoms with Gasteiger partial charge >= 0.3 is 6.09 Å². The van der Waals surface area contributed by atoms with E-state index < -0.39 is 23.7 Å². The first-order valence-electron chi connectivity index (χ1n) is 11.9. The third-order valence-electron chi connectivity index (χ3n) is 8.30. The number of alkyl halides is 1. The van der Waals surface area contributed by atoms with Crippen LogP contribution in [0.1, 0.15) is 54.8 Å². The van der Waals surface area contributed by atoms with Crippen molar-refractivity contribution in [2.24, 2.45) is 11.8 Å². The molecule has 6 heteroatoms. The molecule has 6 aliphatic rings. The predicted molar refractivity (Wildman–Crippen MR) is 122 cm³/mol. The second-order valence-corrected chi connectivity index (χ2v) is 9.88. The Morgan fingerprint density at radius 1 is 1.24 bits per heavy atom. The Labute approximate surface area is 192 Å². The minimum Gasteiger partial charge on any atom is -0.446 e. The lowest BCUT2D eigenvalue weighted by Gasteiger charge is -2.38. The van der Waals surface area contributed by atoms with Gasteiger partial charge in [-0.2, -0.15) is 0 Å². The molecule has 3 aliphatic carbocycles. The van der Waals surface area contributed by atoms with E-state index in [1.165, 1.54) is 4.90 Å². The van der Waals surface area contributed by atoms with Gasteiger partial charge in [-0.15, -0.1) is 6.58 Å². The maximum absolute atomic E-state index is 15.7. The number of amides is 2. The lowest BCUT2D eigenvalue weighted by atomic mass is 9.67. The summed E-state index contributed by atoms with van der Waals surface area (Å²) in [5.41, 5.74) is 2.66. The lowest BCUT2D eigenvalue weighted by Crippen LogP contribution is -2.45. The van der Waals surface area contributed by atoms with E-state index in [4.69, 9.17) is 4.74 Å². The molecule has 0 N–H and O–H groups in total. The quantitative estimate of drug-likeness (QED) is 0.600. The highest BCUT2D eigenvalue weighted by Crippen LogP contribution is 2.51. The average Bonchev–Trinajstić information content (AvgIpc) is 3.44. The van der Waals surface area contributed by atoms with Gasteiger partial charge in [-0.05, 0) is 78.9 Å². The lowest BCUT2D eigenvalue weighted by molar-refractivity contribution is -0.135. The van der Waals surface area contributed by atoms with E-state index >= 15 is 4.39 Å². The number of halogens is 1. The largest absolute Gasteiger partial charge is 0.446 e. The molecule has 170 valence electrons. The summed E-state index contributed by atoms with van der Waals surface area (Å²) in [6, 6.07) is 1.50. The van der Waals surface area contributed by atoms with Gasteiger partial charge in [0, 0.05) is 12.1 Å². The Morgan fingerprint density at radius 2 is 2.06 bits per heavy atom. The number of cyclic esters (lactones) is 1. The zero-order valence-corrected chi connectivity index (χ0v) is 18.5. The Morgan fingerprint density at radius 3 is 2.85 bits per heavy atom. The molecule has 1 saturated carbocycles. The number of carbonyl (C=O) groups excluding carboxylic acids is 2. The molecule has 2 unspecified atom stereocenters. The van der Waals surface area contributed by atoms with Crippen molar-refractivity contribution >= 4 is 18.1 Å². The van der Waals surface area contributed by atoms with Crippen LogP contribution in [0.25, 0.3) is 6.08 Å². The first kappa shape index (κ1) is 20.6. The van der Waals surface area contributed by atoms with Crippen LogP contribution < -0.4 is 0 Å². The first-order chi connectivity index (χ1) is 16.0. The predicted octanol–water partition coefficient (Wildman–Crippen LogP) is 5.01. The summed E-state index contributed by atoms with van der Waals surface area (Å²) in [5, 5.41) is 0. The maximum atomic E-state index is 15.7. The van der Waals surface area contributed by atoms with Crippen molar-refractivity contribution in [3.8, 4) is 0 Å². The number of carbonyl (C=O) groups is 2. The van der Waals surface area contributed by atoms with Gasteiger partial charge in [-0.3, -0.25) is 9.78 Å². The van der Waals surface area contributed by atoms with Crippen LogP contribution in [0.15, 0.2) is 54.8 Å². The van der Waals surface area contributed by atoms with Gasteiger partial charge in [-0.25, -0.2) is 14.1 Å². The molecule has 3 aliphatic heterocycles. The Bertz CT molecular complexity index is 1130. The molecular formula is C27H27FN2O3. The third-order valence-corrected chi connectivity index (χ3v) is 8.30. The molecule has 1 saturated heterocycles. The van der Waals surface area contributed by atoms with Gasteiger partial charge in [0.05, 0.1) is 11.1 Å². The highest BCUT2D eigenvalue weighted by Gasteiger charge is 2.50. The SMILES string of the molecule is C=CC[C@H]1C(=O)N2C(=O)OC[C@H]2C2=CC3(C=C2)c2c(nccc2[C@H]2CC[C@@H]1CC2)C=CC3F. The Kier molecular flexibility index (Phi) is 4.68. The van der Waals surface area contributed by atoms with Gasteiger partial charge in [0.1, 0.15) is 18.8 Å². The van der Waals surface area contributed by atoms with E-state index in [2.05, 4.69) is 17.6 Å². The van der Waals surface area contributed by atoms with E-state index in [0.717, 1.165) is 48.1 Å². The molecule has 5 nitrogen and oxygen atoms in total. The van der Waals surface area contributed by atoms with Gasteiger partial charge in [0.2, 0.25) is 5.91 Å². The summed E-state index contributed by atoms with van der Waals surface area (Å²) in [7, 11) is 0. The van der Waals surface area contributed by atoms with Crippen LogP contribution in [0.5, 0.6) is 0 Å². The van der Waals surface area contributed by atoms with Crippen LogP contribution in [0.4, 0.5) is 9.18 Å². The highest BCUT2D eigenvalue weighted by atomic mass is 19.1. The molecule has 4 atom stereocenters. The Balaban J connectivity index is 1.56. The van der Waals surface area contributed by atoms with Crippen molar-refractivity contribution in [3.05, 3.63) is 71.6 Å². The van der Waals surface area contributed by atoms with Gasteiger partial charge in [0.25, 0.3) is 0 Å². The second kappa shape index (κ2) is 7.51. The zero-order valence-electron chi connectivity index (χ0n) is 18.5. The standard InChI is InChI=1S/C27H27FN2O3/c1-2-3-20-17-6-4-16(5-7-17)19-11-13-29-21-8-9-23(28)27(24(19)21)12-10-18(14-27)22-15-33-26(32)30(22)25(20)31/h2,8-14,16-17,20,22-23H,1,3-7,15H2/t16-,17+,20-,22+,23?,27?/m1/s1. The number of fused-ring (bicyclic) bond motifs is 3. The molecule has 0 radical (unpaired) electrons. The van der Waals surface area contributed by atoms with Crippen LogP contribution in [0.3, 0.4) is 0 Å². The van der Waals surface area contributed by atoms with Gasteiger partial charge in [0.15, 0.2) is 0 Å². The molecule has 4 heterocycles. The molecule has 1 aromatic rings. The van der Waals surface area contributed by atoms with Crippen LogP contribution in [0, 0.1) is 11.8 Å². The second-order valence-electron chi connectivity index (χ2n) is 9.88. The van der Waals surface area contributed by atoms with Crippen molar-refractivity contribution in [2.45, 2.75) is 55.7 Å². The molecule has 7 rings (SSSR count). The molecule has 1 spiro atoms.